The first kappa shape index (κ1) is 11.0. The van der Waals surface area contributed by atoms with Gasteiger partial charge in [-0.15, -0.1) is 0 Å². The predicted molar refractivity (Wildman–Crippen MR) is 62.3 cm³/mol. The van der Waals surface area contributed by atoms with Crippen molar-refractivity contribution in [3.63, 3.8) is 0 Å². The second-order valence-corrected chi connectivity index (χ2v) is 6.45. The number of aryl methyl sites for hydroxylation is 1. The van der Waals surface area contributed by atoms with Crippen molar-refractivity contribution in [2.24, 2.45) is 4.40 Å². The highest BCUT2D eigenvalue weighted by molar-refractivity contribution is 8.15. The van der Waals surface area contributed by atoms with Gasteiger partial charge in [0, 0.05) is 9.92 Å². The molecular formula is C9H8ClNO2S2. The van der Waals surface area contributed by atoms with Gasteiger partial charge < -0.3 is 0 Å². The molecule has 2 rings (SSSR count). The molecule has 1 aliphatic rings. The predicted octanol–water partition coefficient (Wildman–Crippen LogP) is 2.86. The van der Waals surface area contributed by atoms with Gasteiger partial charge in [0.1, 0.15) is 4.90 Å². The fourth-order valence-corrected chi connectivity index (χ4v) is 4.16. The number of fused-ring (bicyclic) bond motifs is 1. The van der Waals surface area contributed by atoms with E-state index in [2.05, 4.69) is 4.40 Å². The third kappa shape index (κ3) is 1.91. The van der Waals surface area contributed by atoms with Crippen LogP contribution in [-0.4, -0.2) is 13.5 Å². The highest BCUT2D eigenvalue weighted by Crippen LogP contribution is 2.37. The zero-order valence-electron chi connectivity index (χ0n) is 8.11. The maximum Gasteiger partial charge on any atom is 0.284 e. The van der Waals surface area contributed by atoms with Crippen LogP contribution < -0.4 is 0 Å². The normalized spacial score (nSPS) is 18.2. The van der Waals surface area contributed by atoms with E-state index in [1.54, 1.807) is 26.0 Å². The number of rotatable bonds is 0. The fraction of sp³-hybridized carbons (Fsp3) is 0.222. The van der Waals surface area contributed by atoms with Crippen molar-refractivity contribution in [1.82, 2.24) is 0 Å². The van der Waals surface area contributed by atoms with Crippen LogP contribution in [0.3, 0.4) is 0 Å². The Kier molecular flexibility index (Phi) is 2.56. The summed E-state index contributed by atoms with van der Waals surface area (Å²) < 4.78 is 27.0. The Labute approximate surface area is 97.6 Å². The Balaban J connectivity index is 2.75. The smallest absolute Gasteiger partial charge is 0.199 e. The lowest BCUT2D eigenvalue weighted by Gasteiger charge is -2.14. The minimum atomic E-state index is -3.52. The SMILES string of the molecule is CC1=NS(=O)(=O)c2cc(C)c(Cl)cc2S1. The number of hydrogen-bond donors (Lipinski definition) is 0. The molecule has 0 saturated carbocycles. The summed E-state index contributed by atoms with van der Waals surface area (Å²) >= 11 is 7.26. The molecule has 0 spiro atoms. The molecule has 0 aromatic heterocycles. The molecule has 3 nitrogen and oxygen atoms in total. The molecule has 15 heavy (non-hydrogen) atoms. The zero-order chi connectivity index (χ0) is 11.2. The van der Waals surface area contributed by atoms with Gasteiger partial charge >= 0.3 is 0 Å². The first-order chi connectivity index (χ1) is 6.90. The summed E-state index contributed by atoms with van der Waals surface area (Å²) in [6.45, 7) is 3.44. The Morgan fingerprint density at radius 3 is 2.67 bits per heavy atom. The van der Waals surface area contributed by atoms with Gasteiger partial charge in [-0.3, -0.25) is 0 Å². The van der Waals surface area contributed by atoms with Crippen molar-refractivity contribution in [3.05, 3.63) is 22.7 Å². The topological polar surface area (TPSA) is 46.5 Å². The first-order valence-corrected chi connectivity index (χ1v) is 6.83. The molecule has 0 saturated heterocycles. The van der Waals surface area contributed by atoms with Crippen molar-refractivity contribution in [1.29, 1.82) is 0 Å². The first-order valence-electron chi connectivity index (χ1n) is 4.20. The number of halogens is 1. The van der Waals surface area contributed by atoms with Gasteiger partial charge in [0.05, 0.1) is 5.04 Å². The van der Waals surface area contributed by atoms with Crippen molar-refractivity contribution < 1.29 is 8.42 Å². The number of thioether (sulfide) groups is 1. The van der Waals surface area contributed by atoms with Gasteiger partial charge in [-0.1, -0.05) is 23.4 Å². The molecule has 0 amide bonds. The molecule has 0 aliphatic carbocycles. The van der Waals surface area contributed by atoms with Crippen LogP contribution in [0.15, 0.2) is 26.3 Å². The van der Waals surface area contributed by atoms with E-state index in [1.807, 2.05) is 0 Å². The summed E-state index contributed by atoms with van der Waals surface area (Å²) in [4.78, 5) is 0.901. The Morgan fingerprint density at radius 2 is 2.00 bits per heavy atom. The average Bonchev–Trinajstić information content (AvgIpc) is 2.07. The number of nitrogens with zero attached hydrogens (tertiary/aromatic N) is 1. The van der Waals surface area contributed by atoms with Gasteiger partial charge in [-0.25, -0.2) is 0 Å². The highest BCUT2D eigenvalue weighted by atomic mass is 35.5. The maximum absolute atomic E-state index is 11.7. The van der Waals surface area contributed by atoms with E-state index >= 15 is 0 Å². The summed E-state index contributed by atoms with van der Waals surface area (Å²) in [5, 5.41) is 1.09. The molecule has 0 atom stereocenters. The molecule has 0 N–H and O–H groups in total. The van der Waals surface area contributed by atoms with E-state index < -0.39 is 10.0 Å². The number of benzene rings is 1. The minimum Gasteiger partial charge on any atom is -0.199 e. The Morgan fingerprint density at radius 1 is 1.33 bits per heavy atom. The van der Waals surface area contributed by atoms with E-state index in [0.29, 0.717) is 15.0 Å². The lowest BCUT2D eigenvalue weighted by Crippen LogP contribution is -2.07. The zero-order valence-corrected chi connectivity index (χ0v) is 10.5. The van der Waals surface area contributed by atoms with Crippen LogP contribution in [-0.2, 0) is 10.0 Å². The van der Waals surface area contributed by atoms with Gasteiger partial charge in [-0.05, 0) is 31.5 Å². The van der Waals surface area contributed by atoms with Crippen molar-refractivity contribution in [2.45, 2.75) is 23.6 Å². The lowest BCUT2D eigenvalue weighted by molar-refractivity contribution is 0.595. The molecule has 1 aromatic carbocycles. The molecular weight excluding hydrogens is 254 g/mol. The molecule has 6 heteroatoms. The average molecular weight is 262 g/mol. The lowest BCUT2D eigenvalue weighted by atomic mass is 10.2. The van der Waals surface area contributed by atoms with Crippen molar-refractivity contribution in [3.8, 4) is 0 Å². The highest BCUT2D eigenvalue weighted by Gasteiger charge is 2.24. The van der Waals surface area contributed by atoms with E-state index in [4.69, 9.17) is 11.6 Å². The van der Waals surface area contributed by atoms with Crippen LogP contribution >= 0.6 is 23.4 Å². The van der Waals surface area contributed by atoms with E-state index in [9.17, 15) is 8.42 Å². The molecule has 0 fully saturated rings. The van der Waals surface area contributed by atoms with Gasteiger partial charge in [0.25, 0.3) is 10.0 Å². The summed E-state index contributed by atoms with van der Waals surface area (Å²) in [5.74, 6) is 0. The summed E-state index contributed by atoms with van der Waals surface area (Å²) in [7, 11) is -3.52. The Bertz CT molecular complexity index is 564. The van der Waals surface area contributed by atoms with Gasteiger partial charge in [-0.2, -0.15) is 12.8 Å². The van der Waals surface area contributed by atoms with E-state index in [1.165, 1.54) is 11.8 Å². The molecule has 0 radical (unpaired) electrons. The maximum atomic E-state index is 11.7. The molecule has 0 unspecified atom stereocenters. The largest absolute Gasteiger partial charge is 0.284 e. The van der Waals surface area contributed by atoms with Crippen LogP contribution in [0.5, 0.6) is 0 Å². The molecule has 1 aliphatic heterocycles. The second-order valence-electron chi connectivity index (χ2n) is 3.24. The van der Waals surface area contributed by atoms with E-state index in [0.717, 1.165) is 5.56 Å². The molecule has 1 heterocycles. The third-order valence-corrected chi connectivity index (χ3v) is 5.01. The third-order valence-electron chi connectivity index (χ3n) is 2.01. The van der Waals surface area contributed by atoms with Crippen LogP contribution in [0, 0.1) is 6.92 Å². The molecule has 1 aromatic rings. The van der Waals surface area contributed by atoms with Crippen LogP contribution in [0.2, 0.25) is 5.02 Å². The fourth-order valence-electron chi connectivity index (χ4n) is 1.31. The minimum absolute atomic E-state index is 0.250. The van der Waals surface area contributed by atoms with Gasteiger partial charge in [0.2, 0.25) is 0 Å². The van der Waals surface area contributed by atoms with Crippen LogP contribution in [0.1, 0.15) is 12.5 Å². The van der Waals surface area contributed by atoms with Crippen molar-refractivity contribution >= 4 is 38.4 Å². The summed E-state index contributed by atoms with van der Waals surface area (Å²) in [6, 6.07) is 3.24. The van der Waals surface area contributed by atoms with E-state index in [-0.39, 0.29) is 4.90 Å². The Hall–Kier alpha value is -0.520. The standard InChI is InChI=1S/C9H8ClNO2S2/c1-5-3-9-8(4-7(5)10)14-6(2)11-15(9,12)13/h3-4H,1-2H3. The number of sulfonamides is 1. The van der Waals surface area contributed by atoms with Crippen molar-refractivity contribution in [2.75, 3.05) is 0 Å². The van der Waals surface area contributed by atoms with Gasteiger partial charge in [0.15, 0.2) is 0 Å². The quantitative estimate of drug-likeness (QED) is 0.721. The molecule has 0 bridgehead atoms. The number of hydrogen-bond acceptors (Lipinski definition) is 3. The summed E-state index contributed by atoms with van der Waals surface area (Å²) in [5.41, 5.74) is 0.745. The monoisotopic (exact) mass is 261 g/mol. The molecule has 80 valence electrons. The van der Waals surface area contributed by atoms with Crippen LogP contribution in [0.25, 0.3) is 0 Å². The second kappa shape index (κ2) is 3.50. The van der Waals surface area contributed by atoms with Crippen LogP contribution in [0.4, 0.5) is 0 Å². The summed E-state index contributed by atoms with van der Waals surface area (Å²) in [6.07, 6.45) is 0.